The number of hydrogen-bond donors (Lipinski definition) is 0. The number of aromatic nitrogens is 1. The summed E-state index contributed by atoms with van der Waals surface area (Å²) in [6, 6.07) is 73.5. The molecule has 0 N–H and O–H groups in total. The summed E-state index contributed by atoms with van der Waals surface area (Å²) in [5.74, 6) is 0. The number of fused-ring (bicyclic) bond motifs is 15. The highest BCUT2D eigenvalue weighted by Gasteiger charge is 2.45. The molecule has 2 aliphatic heterocycles. The molecule has 0 aliphatic carbocycles. The number of anilines is 6. The molecule has 0 spiro atoms. The molecule has 0 fully saturated rings. The normalized spacial score (nSPS) is 12.9. The molecule has 68 heavy (non-hydrogen) atoms. The van der Waals surface area contributed by atoms with Crippen molar-refractivity contribution in [3.8, 4) is 11.1 Å². The van der Waals surface area contributed by atoms with Crippen LogP contribution in [0, 0.1) is 0 Å². The van der Waals surface area contributed by atoms with Crippen LogP contribution in [0.2, 0.25) is 0 Å². The maximum Gasteiger partial charge on any atom is 0.333 e. The molecule has 6 heteroatoms. The third-order valence-corrected chi connectivity index (χ3v) is 14.9. The number of para-hydroxylation sites is 5. The van der Waals surface area contributed by atoms with Gasteiger partial charge in [-0.3, -0.25) is 0 Å². The third kappa shape index (κ3) is 5.23. The van der Waals surface area contributed by atoms with Crippen LogP contribution in [0.1, 0.15) is 25.3 Å². The molecule has 5 nitrogen and oxygen atoms in total. The second kappa shape index (κ2) is 14.3. The van der Waals surface area contributed by atoms with Crippen molar-refractivity contribution >= 4 is 128 Å². The Hall–Kier alpha value is -8.48. The summed E-state index contributed by atoms with van der Waals surface area (Å²) < 4.78 is 16.8. The topological polar surface area (TPSA) is 37.7 Å². The first-order chi connectivity index (χ1) is 33.7. The van der Waals surface area contributed by atoms with Crippen LogP contribution in [-0.2, 0) is 6.42 Å². The zero-order valence-corrected chi connectivity index (χ0v) is 37.4. The van der Waals surface area contributed by atoms with Crippen LogP contribution in [0.15, 0.2) is 209 Å². The lowest BCUT2D eigenvalue weighted by Gasteiger charge is -2.41. The lowest BCUT2D eigenvalue weighted by atomic mass is 9.45. The van der Waals surface area contributed by atoms with Gasteiger partial charge in [-0.25, -0.2) is 0 Å². The molecule has 2 aliphatic rings. The van der Waals surface area contributed by atoms with Crippen LogP contribution < -0.4 is 20.7 Å². The highest BCUT2D eigenvalue weighted by atomic mass is 16.3. The van der Waals surface area contributed by atoms with Crippen LogP contribution >= 0.6 is 0 Å². The zero-order valence-electron chi connectivity index (χ0n) is 37.4. The van der Waals surface area contributed by atoms with Crippen molar-refractivity contribution < 1.29 is 8.83 Å². The Balaban J connectivity index is 1.09. The number of nitrogens with zero attached hydrogens (tertiary/aromatic N) is 3. The van der Waals surface area contributed by atoms with Crippen molar-refractivity contribution in [1.29, 1.82) is 0 Å². The first kappa shape index (κ1) is 37.7. The van der Waals surface area contributed by atoms with Crippen LogP contribution in [0.5, 0.6) is 0 Å². The maximum atomic E-state index is 7.17. The number of rotatable bonds is 7. The van der Waals surface area contributed by atoms with Crippen molar-refractivity contribution in [1.82, 2.24) is 4.48 Å². The minimum absolute atomic E-state index is 0.219. The zero-order chi connectivity index (χ0) is 44.6. The second-order valence-corrected chi connectivity index (χ2v) is 18.6. The molecule has 13 aromatic rings. The van der Waals surface area contributed by atoms with E-state index in [9.17, 15) is 0 Å². The first-order valence-electron chi connectivity index (χ1n) is 23.9. The van der Waals surface area contributed by atoms with Gasteiger partial charge in [0.25, 0.3) is 0 Å². The average molecular weight is 872 g/mol. The molecule has 320 valence electrons. The summed E-state index contributed by atoms with van der Waals surface area (Å²) in [4.78, 5) is 4.88. The Morgan fingerprint density at radius 2 is 1.15 bits per heavy atom. The minimum atomic E-state index is -0.219. The van der Waals surface area contributed by atoms with Crippen LogP contribution in [-0.4, -0.2) is 11.3 Å². The molecule has 3 aromatic heterocycles. The molecule has 15 rings (SSSR count). The molecule has 0 atom stereocenters. The second-order valence-electron chi connectivity index (χ2n) is 18.6. The Morgan fingerprint density at radius 1 is 0.485 bits per heavy atom. The third-order valence-electron chi connectivity index (χ3n) is 14.9. The predicted octanol–water partition coefficient (Wildman–Crippen LogP) is 16.0. The van der Waals surface area contributed by atoms with E-state index in [1.807, 2.05) is 0 Å². The van der Waals surface area contributed by atoms with E-state index in [-0.39, 0.29) is 6.85 Å². The van der Waals surface area contributed by atoms with Crippen molar-refractivity contribution in [3.05, 3.63) is 206 Å². The summed E-state index contributed by atoms with van der Waals surface area (Å²) in [6.45, 7) is 2.04. The van der Waals surface area contributed by atoms with E-state index < -0.39 is 0 Å². The van der Waals surface area contributed by atoms with Gasteiger partial charge in [0.05, 0.1) is 11.4 Å². The summed E-state index contributed by atoms with van der Waals surface area (Å²) in [6.07, 6.45) is 3.43. The fourth-order valence-corrected chi connectivity index (χ4v) is 11.9. The molecule has 0 unspecified atom stereocenters. The molecule has 0 saturated heterocycles. The lowest BCUT2D eigenvalue weighted by molar-refractivity contribution is 0.666. The fraction of sp³-hybridized carbons (Fsp3) is 0.0645. The van der Waals surface area contributed by atoms with Gasteiger partial charge < -0.3 is 23.1 Å². The van der Waals surface area contributed by atoms with Gasteiger partial charge in [-0.15, -0.1) is 0 Å². The highest BCUT2D eigenvalue weighted by Crippen LogP contribution is 2.52. The molecule has 10 aromatic carbocycles. The van der Waals surface area contributed by atoms with Crippen molar-refractivity contribution in [2.75, 3.05) is 9.80 Å². The van der Waals surface area contributed by atoms with Crippen molar-refractivity contribution in [2.45, 2.75) is 26.2 Å². The van der Waals surface area contributed by atoms with Crippen molar-refractivity contribution in [3.63, 3.8) is 0 Å². The molecular formula is C62H42BN3O2. The lowest BCUT2D eigenvalue weighted by Crippen LogP contribution is -2.56. The summed E-state index contributed by atoms with van der Waals surface area (Å²) >= 11 is 0. The number of benzene rings is 10. The molecule has 0 bridgehead atoms. The quantitative estimate of drug-likeness (QED) is 0.150. The van der Waals surface area contributed by atoms with Crippen LogP contribution in [0.25, 0.3) is 87.6 Å². The SMILES string of the molecule is CCCCc1ccc(N(c2ccccc2)c2ccc3c(c2)B2c4c(cc5c(oc6ccccc65)c4N3c3cccc4c3oc3ccccc34)-c3cccc4c5cc6ccccc6cc5n2c34)cc1. The van der Waals surface area contributed by atoms with E-state index >= 15 is 0 Å². The summed E-state index contributed by atoms with van der Waals surface area (Å²) in [5.41, 5.74) is 18.5. The van der Waals surface area contributed by atoms with Gasteiger partial charge in [0, 0.05) is 71.7 Å². The Labute approximate surface area is 392 Å². The largest absolute Gasteiger partial charge is 0.454 e. The van der Waals surface area contributed by atoms with E-state index in [2.05, 4.69) is 221 Å². The molecule has 0 amide bonds. The van der Waals surface area contributed by atoms with Gasteiger partial charge in [0.1, 0.15) is 11.2 Å². The molecule has 0 radical (unpaired) electrons. The van der Waals surface area contributed by atoms with Gasteiger partial charge in [-0.05, 0) is 125 Å². The van der Waals surface area contributed by atoms with Gasteiger partial charge >= 0.3 is 6.85 Å². The van der Waals surface area contributed by atoms with Gasteiger partial charge in [-0.2, -0.15) is 0 Å². The monoisotopic (exact) mass is 871 g/mol. The minimum Gasteiger partial charge on any atom is -0.454 e. The smallest absolute Gasteiger partial charge is 0.333 e. The Morgan fingerprint density at radius 3 is 1.96 bits per heavy atom. The highest BCUT2D eigenvalue weighted by molar-refractivity contribution is 6.90. The average Bonchev–Trinajstić information content (AvgIpc) is 4.07. The molecular weight excluding hydrogens is 830 g/mol. The standard InChI is InChI=1S/C62H42BN3O2/c1-2-3-15-38-28-30-42(31-29-38)64(41-18-5-4-6-19-41)43-32-33-53-52(36-43)63-58-50(47-23-13-22-46-49-34-39-16-7-8-17-40(39)35-55(49)66(63)59(46)47)37-51-45-21-10-12-27-57(45)68-62(51)60(58)65(53)54-25-14-24-48-44-20-9-11-26-56(44)67-61(48)54/h4-14,16-37H,2-3,15H2,1H3. The van der Waals surface area contributed by atoms with Crippen molar-refractivity contribution in [2.24, 2.45) is 0 Å². The van der Waals surface area contributed by atoms with Gasteiger partial charge in [0.2, 0.25) is 0 Å². The fourth-order valence-electron chi connectivity index (χ4n) is 11.9. The van der Waals surface area contributed by atoms with E-state index in [1.165, 1.54) is 73.0 Å². The van der Waals surface area contributed by atoms with E-state index in [0.29, 0.717) is 0 Å². The number of hydrogen-bond acceptors (Lipinski definition) is 4. The van der Waals surface area contributed by atoms with Gasteiger partial charge in [0.15, 0.2) is 11.2 Å². The van der Waals surface area contributed by atoms with Crippen LogP contribution in [0.4, 0.5) is 34.1 Å². The van der Waals surface area contributed by atoms with Gasteiger partial charge in [-0.1, -0.05) is 135 Å². The van der Waals surface area contributed by atoms with E-state index in [4.69, 9.17) is 8.83 Å². The predicted molar refractivity (Wildman–Crippen MR) is 285 cm³/mol. The Kier molecular flexibility index (Phi) is 7.91. The van der Waals surface area contributed by atoms with E-state index in [0.717, 1.165) is 84.4 Å². The number of aryl methyl sites for hydroxylation is 1. The molecule has 5 heterocycles. The maximum absolute atomic E-state index is 7.17. The number of unbranched alkanes of at least 4 members (excludes halogenated alkanes) is 1. The number of furan rings is 2. The molecule has 0 saturated carbocycles. The Bertz CT molecular complexity index is 4220. The van der Waals surface area contributed by atoms with E-state index in [1.54, 1.807) is 0 Å². The van der Waals surface area contributed by atoms with Crippen LogP contribution in [0.3, 0.4) is 0 Å². The first-order valence-corrected chi connectivity index (χ1v) is 23.9. The summed E-state index contributed by atoms with van der Waals surface area (Å²) in [7, 11) is 0. The summed E-state index contributed by atoms with van der Waals surface area (Å²) in [5, 5.41) is 9.35.